The van der Waals surface area contributed by atoms with E-state index in [1.807, 2.05) is 0 Å². The first-order chi connectivity index (χ1) is 9.70. The number of halogens is 1. The third-order valence-corrected chi connectivity index (χ3v) is 4.64. The Hall–Kier alpha value is -0.0400. The first-order valence-electron chi connectivity index (χ1n) is 8.38. The molecule has 0 bridgehead atoms. The Labute approximate surface area is 147 Å². The minimum Gasteiger partial charge on any atom is -0.357 e. The van der Waals surface area contributed by atoms with Crippen LogP contribution < -0.4 is 5.32 Å². The number of nitrogens with zero attached hydrogens (tertiary/aromatic N) is 3. The summed E-state index contributed by atoms with van der Waals surface area (Å²) in [5, 5.41) is 3.48. The van der Waals surface area contributed by atoms with Crippen LogP contribution >= 0.6 is 24.0 Å². The maximum absolute atomic E-state index is 4.83. The van der Waals surface area contributed by atoms with Crippen LogP contribution in [0.25, 0.3) is 0 Å². The molecule has 1 heterocycles. The molecule has 2 rings (SSSR count). The van der Waals surface area contributed by atoms with Crippen LogP contribution in [-0.4, -0.2) is 62.6 Å². The summed E-state index contributed by atoms with van der Waals surface area (Å²) in [5.41, 5.74) is 0. The molecule has 2 unspecified atom stereocenters. The van der Waals surface area contributed by atoms with Crippen LogP contribution in [0.5, 0.6) is 0 Å². The summed E-state index contributed by atoms with van der Waals surface area (Å²) in [6.45, 7) is 7.64. The fourth-order valence-electron chi connectivity index (χ4n) is 3.58. The first kappa shape index (κ1) is 19.0. The van der Waals surface area contributed by atoms with Gasteiger partial charge in [0.05, 0.1) is 0 Å². The molecule has 1 aliphatic heterocycles. The maximum Gasteiger partial charge on any atom is 0.193 e. The van der Waals surface area contributed by atoms with Crippen LogP contribution in [0.1, 0.15) is 39.0 Å². The third kappa shape index (κ3) is 5.93. The molecule has 1 N–H and O–H groups in total. The number of likely N-dealkylation sites (tertiary alicyclic amines) is 1. The van der Waals surface area contributed by atoms with Crippen molar-refractivity contribution in [3.63, 3.8) is 0 Å². The van der Waals surface area contributed by atoms with Gasteiger partial charge in [-0.1, -0.05) is 12.8 Å². The van der Waals surface area contributed by atoms with E-state index in [1.165, 1.54) is 38.8 Å². The Morgan fingerprint density at radius 2 is 1.81 bits per heavy atom. The van der Waals surface area contributed by atoms with Gasteiger partial charge in [0.1, 0.15) is 0 Å². The van der Waals surface area contributed by atoms with Crippen LogP contribution in [0.3, 0.4) is 0 Å². The van der Waals surface area contributed by atoms with Crippen LogP contribution in [0.4, 0.5) is 0 Å². The van der Waals surface area contributed by atoms with Crippen LogP contribution in [0.15, 0.2) is 4.99 Å². The molecule has 1 saturated heterocycles. The van der Waals surface area contributed by atoms with Gasteiger partial charge in [0.25, 0.3) is 0 Å². The van der Waals surface area contributed by atoms with Gasteiger partial charge >= 0.3 is 0 Å². The molecule has 2 aliphatic rings. The maximum atomic E-state index is 4.83. The summed E-state index contributed by atoms with van der Waals surface area (Å²) >= 11 is 0. The molecule has 5 heteroatoms. The van der Waals surface area contributed by atoms with Crippen LogP contribution in [0.2, 0.25) is 0 Å². The van der Waals surface area contributed by atoms with E-state index >= 15 is 0 Å². The average molecular weight is 408 g/mol. The van der Waals surface area contributed by atoms with E-state index in [4.69, 9.17) is 4.99 Å². The Morgan fingerprint density at radius 3 is 2.33 bits per heavy atom. The fourth-order valence-corrected chi connectivity index (χ4v) is 3.58. The van der Waals surface area contributed by atoms with E-state index in [-0.39, 0.29) is 24.0 Å². The lowest BCUT2D eigenvalue weighted by molar-refractivity contribution is 0.299. The van der Waals surface area contributed by atoms with Crippen LogP contribution in [0, 0.1) is 11.8 Å². The number of aliphatic imine (C=N–C) groups is 1. The summed E-state index contributed by atoms with van der Waals surface area (Å²) in [6, 6.07) is 0. The highest BCUT2D eigenvalue weighted by Gasteiger charge is 2.35. The zero-order valence-electron chi connectivity index (χ0n) is 14.0. The van der Waals surface area contributed by atoms with Crippen molar-refractivity contribution >= 4 is 29.9 Å². The second kappa shape index (κ2) is 9.87. The van der Waals surface area contributed by atoms with Crippen molar-refractivity contribution in [1.82, 2.24) is 15.1 Å². The monoisotopic (exact) mass is 408 g/mol. The SMILES string of the molecule is CCNC(=NCCCN(C)C)N1CC2CCCCC2C1.I. The van der Waals surface area contributed by atoms with Crippen molar-refractivity contribution in [3.8, 4) is 0 Å². The second-order valence-corrected chi connectivity index (χ2v) is 6.60. The highest BCUT2D eigenvalue weighted by Crippen LogP contribution is 2.35. The number of nitrogens with one attached hydrogen (secondary N) is 1. The molecule has 0 aromatic heterocycles. The smallest absolute Gasteiger partial charge is 0.193 e. The summed E-state index contributed by atoms with van der Waals surface area (Å²) in [6.07, 6.45) is 6.88. The zero-order chi connectivity index (χ0) is 14.4. The first-order valence-corrected chi connectivity index (χ1v) is 8.38. The highest BCUT2D eigenvalue weighted by molar-refractivity contribution is 14.0. The molecule has 1 saturated carbocycles. The molecule has 0 amide bonds. The van der Waals surface area contributed by atoms with Crippen LogP contribution in [-0.2, 0) is 0 Å². The molecule has 1 aliphatic carbocycles. The topological polar surface area (TPSA) is 30.9 Å². The van der Waals surface area contributed by atoms with Crippen molar-refractivity contribution in [3.05, 3.63) is 0 Å². The van der Waals surface area contributed by atoms with Gasteiger partial charge in [-0.15, -0.1) is 24.0 Å². The van der Waals surface area contributed by atoms with Gasteiger partial charge in [-0.3, -0.25) is 4.99 Å². The molecule has 4 nitrogen and oxygen atoms in total. The highest BCUT2D eigenvalue weighted by atomic mass is 127. The molecule has 2 atom stereocenters. The van der Waals surface area contributed by atoms with E-state index < -0.39 is 0 Å². The number of hydrogen-bond acceptors (Lipinski definition) is 2. The van der Waals surface area contributed by atoms with Gasteiger partial charge in [0.15, 0.2) is 5.96 Å². The third-order valence-electron chi connectivity index (χ3n) is 4.64. The molecule has 0 radical (unpaired) electrons. The van der Waals surface area contributed by atoms with Crippen molar-refractivity contribution in [1.29, 1.82) is 0 Å². The minimum atomic E-state index is 0. The van der Waals surface area contributed by atoms with Gasteiger partial charge < -0.3 is 15.1 Å². The van der Waals surface area contributed by atoms with E-state index in [9.17, 15) is 0 Å². The van der Waals surface area contributed by atoms with Crippen molar-refractivity contribution in [2.75, 3.05) is 46.8 Å². The summed E-state index contributed by atoms with van der Waals surface area (Å²) in [5.74, 6) is 3.00. The van der Waals surface area contributed by atoms with E-state index in [1.54, 1.807) is 0 Å². The molecule has 0 aromatic carbocycles. The van der Waals surface area contributed by atoms with E-state index in [0.29, 0.717) is 0 Å². The molecular weight excluding hydrogens is 375 g/mol. The summed E-state index contributed by atoms with van der Waals surface area (Å²) < 4.78 is 0. The van der Waals surface area contributed by atoms with Gasteiger partial charge in [0, 0.05) is 26.2 Å². The van der Waals surface area contributed by atoms with E-state index in [0.717, 1.165) is 43.9 Å². The average Bonchev–Trinajstić information content (AvgIpc) is 2.85. The van der Waals surface area contributed by atoms with Gasteiger partial charge in [-0.25, -0.2) is 0 Å². The molecular formula is C16H33IN4. The lowest BCUT2D eigenvalue weighted by Gasteiger charge is -2.22. The van der Waals surface area contributed by atoms with Gasteiger partial charge in [-0.05, 0) is 58.7 Å². The Kier molecular flexibility index (Phi) is 8.94. The largest absolute Gasteiger partial charge is 0.357 e. The predicted molar refractivity (Wildman–Crippen MR) is 102 cm³/mol. The Bertz CT molecular complexity index is 305. The van der Waals surface area contributed by atoms with Crippen molar-refractivity contribution in [2.24, 2.45) is 16.8 Å². The molecule has 21 heavy (non-hydrogen) atoms. The molecule has 0 spiro atoms. The lowest BCUT2D eigenvalue weighted by Crippen LogP contribution is -2.40. The Morgan fingerprint density at radius 1 is 1.19 bits per heavy atom. The number of guanidine groups is 1. The standard InChI is InChI=1S/C16H32N4.HI/c1-4-17-16(18-10-7-11-19(2)3)20-12-14-8-5-6-9-15(14)13-20;/h14-15H,4-13H2,1-3H3,(H,17,18);1H. The number of fused-ring (bicyclic) bond motifs is 1. The van der Waals surface area contributed by atoms with Crippen molar-refractivity contribution < 1.29 is 0 Å². The fraction of sp³-hybridized carbons (Fsp3) is 0.938. The second-order valence-electron chi connectivity index (χ2n) is 6.60. The summed E-state index contributed by atoms with van der Waals surface area (Å²) in [4.78, 5) is 9.57. The number of hydrogen-bond donors (Lipinski definition) is 1. The van der Waals surface area contributed by atoms with Crippen molar-refractivity contribution in [2.45, 2.75) is 39.0 Å². The van der Waals surface area contributed by atoms with Gasteiger partial charge in [0.2, 0.25) is 0 Å². The summed E-state index contributed by atoms with van der Waals surface area (Å²) in [7, 11) is 4.25. The molecule has 2 fully saturated rings. The molecule has 124 valence electrons. The zero-order valence-corrected chi connectivity index (χ0v) is 16.3. The van der Waals surface area contributed by atoms with Gasteiger partial charge in [-0.2, -0.15) is 0 Å². The minimum absolute atomic E-state index is 0. The number of rotatable bonds is 5. The van der Waals surface area contributed by atoms with E-state index in [2.05, 4.69) is 36.1 Å². The predicted octanol–water partition coefficient (Wildman–Crippen LogP) is 2.64. The quantitative estimate of drug-likeness (QED) is 0.329. The molecule has 0 aromatic rings. The Balaban J connectivity index is 0.00000220. The normalized spacial score (nSPS) is 25.7. The lowest BCUT2D eigenvalue weighted by atomic mass is 9.82.